The molecule has 0 aliphatic heterocycles. The summed E-state index contributed by atoms with van der Waals surface area (Å²) in [6, 6.07) is 0.414. The number of hydrogen-bond acceptors (Lipinski definition) is 3. The minimum absolute atomic E-state index is 0.0978. The maximum Gasteiger partial charge on any atom is 0.153 e. The van der Waals surface area contributed by atoms with E-state index in [1.165, 1.54) is 0 Å². The Balaban J connectivity index is 2.49. The maximum atomic E-state index is 12.3. The summed E-state index contributed by atoms with van der Waals surface area (Å²) in [7, 11) is -2.88. The van der Waals surface area contributed by atoms with Crippen LogP contribution in [0.5, 0.6) is 0 Å². The molecule has 3 nitrogen and oxygen atoms in total. The van der Waals surface area contributed by atoms with Gasteiger partial charge in [0.05, 0.1) is 11.0 Å². The summed E-state index contributed by atoms with van der Waals surface area (Å²) in [4.78, 5) is 0. The third-order valence-corrected chi connectivity index (χ3v) is 6.05. The fourth-order valence-electron chi connectivity index (χ4n) is 2.57. The minimum Gasteiger partial charge on any atom is -0.314 e. The van der Waals surface area contributed by atoms with E-state index in [0.717, 1.165) is 45.1 Å². The molecule has 108 valence electrons. The van der Waals surface area contributed by atoms with Gasteiger partial charge in [-0.1, -0.05) is 27.2 Å². The first-order chi connectivity index (χ1) is 8.45. The van der Waals surface area contributed by atoms with E-state index in [0.29, 0.717) is 17.7 Å². The highest BCUT2D eigenvalue weighted by molar-refractivity contribution is 7.92. The molecule has 1 fully saturated rings. The molecule has 0 aromatic carbocycles. The standard InChI is InChI=1S/C14H29NO2S/c1-4-9-15-13-6-5-7-14(11-13)18(16,17)10-8-12(2)3/h12-15H,4-11H2,1-3H3. The van der Waals surface area contributed by atoms with Gasteiger partial charge in [-0.15, -0.1) is 0 Å². The zero-order chi connectivity index (χ0) is 13.6. The Morgan fingerprint density at radius 3 is 2.61 bits per heavy atom. The monoisotopic (exact) mass is 275 g/mol. The van der Waals surface area contributed by atoms with Gasteiger partial charge < -0.3 is 5.32 Å². The van der Waals surface area contributed by atoms with Crippen molar-refractivity contribution in [1.82, 2.24) is 5.32 Å². The molecule has 18 heavy (non-hydrogen) atoms. The van der Waals surface area contributed by atoms with Gasteiger partial charge in [0.15, 0.2) is 9.84 Å². The van der Waals surface area contributed by atoms with Crippen LogP contribution in [-0.4, -0.2) is 32.0 Å². The number of nitrogens with one attached hydrogen (secondary N) is 1. The molecule has 1 rings (SSSR count). The van der Waals surface area contributed by atoms with Crippen LogP contribution in [-0.2, 0) is 9.84 Å². The molecule has 0 bridgehead atoms. The molecule has 1 aliphatic carbocycles. The van der Waals surface area contributed by atoms with Crippen LogP contribution < -0.4 is 5.32 Å². The second kappa shape index (κ2) is 7.49. The molecule has 0 saturated heterocycles. The lowest BCUT2D eigenvalue weighted by Gasteiger charge is -2.29. The first kappa shape index (κ1) is 16.0. The quantitative estimate of drug-likeness (QED) is 0.777. The lowest BCUT2D eigenvalue weighted by molar-refractivity contribution is 0.371. The normalized spacial score (nSPS) is 25.6. The van der Waals surface area contributed by atoms with Gasteiger partial charge in [-0.25, -0.2) is 8.42 Å². The fourth-order valence-corrected chi connectivity index (χ4v) is 4.76. The van der Waals surface area contributed by atoms with Crippen molar-refractivity contribution in [3.05, 3.63) is 0 Å². The average Bonchev–Trinajstić information content (AvgIpc) is 2.34. The predicted molar refractivity (Wildman–Crippen MR) is 77.6 cm³/mol. The van der Waals surface area contributed by atoms with Crippen LogP contribution in [0.2, 0.25) is 0 Å². The molecule has 4 heteroatoms. The Hall–Kier alpha value is -0.0900. The Labute approximate surface area is 113 Å². The van der Waals surface area contributed by atoms with Crippen LogP contribution in [0.4, 0.5) is 0 Å². The third kappa shape index (κ3) is 5.27. The molecule has 0 radical (unpaired) electrons. The van der Waals surface area contributed by atoms with Crippen LogP contribution in [0.3, 0.4) is 0 Å². The van der Waals surface area contributed by atoms with Crippen molar-refractivity contribution in [2.75, 3.05) is 12.3 Å². The van der Waals surface area contributed by atoms with Crippen molar-refractivity contribution in [1.29, 1.82) is 0 Å². The summed E-state index contributed by atoms with van der Waals surface area (Å²) in [5.41, 5.74) is 0. The van der Waals surface area contributed by atoms with Crippen molar-refractivity contribution in [3.8, 4) is 0 Å². The Morgan fingerprint density at radius 1 is 1.28 bits per heavy atom. The topological polar surface area (TPSA) is 46.2 Å². The molecule has 1 saturated carbocycles. The van der Waals surface area contributed by atoms with E-state index in [-0.39, 0.29) is 5.25 Å². The van der Waals surface area contributed by atoms with Crippen LogP contribution >= 0.6 is 0 Å². The lowest BCUT2D eigenvalue weighted by Crippen LogP contribution is -2.40. The second-order valence-electron chi connectivity index (χ2n) is 5.99. The first-order valence-corrected chi connectivity index (χ1v) is 9.12. The summed E-state index contributed by atoms with van der Waals surface area (Å²) in [6.45, 7) is 7.32. The van der Waals surface area contributed by atoms with E-state index in [9.17, 15) is 8.42 Å². The van der Waals surface area contributed by atoms with Gasteiger partial charge in [0, 0.05) is 6.04 Å². The Bertz CT molecular complexity index is 325. The van der Waals surface area contributed by atoms with Crippen LogP contribution in [0.25, 0.3) is 0 Å². The number of sulfone groups is 1. The van der Waals surface area contributed by atoms with E-state index in [1.807, 2.05) is 0 Å². The molecule has 0 heterocycles. The summed E-state index contributed by atoms with van der Waals surface area (Å²) >= 11 is 0. The minimum atomic E-state index is -2.88. The summed E-state index contributed by atoms with van der Waals surface area (Å²) in [6.07, 6.45) is 5.78. The van der Waals surface area contributed by atoms with Crippen molar-refractivity contribution >= 4 is 9.84 Å². The van der Waals surface area contributed by atoms with Crippen molar-refractivity contribution < 1.29 is 8.42 Å². The largest absolute Gasteiger partial charge is 0.314 e. The smallest absolute Gasteiger partial charge is 0.153 e. The molecule has 2 unspecified atom stereocenters. The summed E-state index contributed by atoms with van der Waals surface area (Å²) in [5.74, 6) is 0.841. The molecule has 2 atom stereocenters. The van der Waals surface area contributed by atoms with E-state index in [1.54, 1.807) is 0 Å². The average molecular weight is 275 g/mol. The summed E-state index contributed by atoms with van der Waals surface area (Å²) in [5, 5.41) is 3.38. The zero-order valence-electron chi connectivity index (χ0n) is 12.1. The summed E-state index contributed by atoms with van der Waals surface area (Å²) < 4.78 is 24.6. The van der Waals surface area contributed by atoms with Crippen LogP contribution in [0, 0.1) is 5.92 Å². The van der Waals surface area contributed by atoms with Crippen LogP contribution in [0.15, 0.2) is 0 Å². The molecule has 0 spiro atoms. The predicted octanol–water partition coefficient (Wildman–Crippen LogP) is 2.76. The van der Waals surface area contributed by atoms with Gasteiger partial charge in [-0.2, -0.15) is 0 Å². The van der Waals surface area contributed by atoms with E-state index >= 15 is 0 Å². The first-order valence-electron chi connectivity index (χ1n) is 7.40. The van der Waals surface area contributed by atoms with E-state index < -0.39 is 9.84 Å². The van der Waals surface area contributed by atoms with Gasteiger partial charge >= 0.3 is 0 Å². The molecule has 1 N–H and O–H groups in total. The SMILES string of the molecule is CCCNC1CCCC(S(=O)(=O)CCC(C)C)C1. The van der Waals surface area contributed by atoms with Gasteiger partial charge in [0.1, 0.15) is 0 Å². The molecular formula is C14H29NO2S. The highest BCUT2D eigenvalue weighted by atomic mass is 32.2. The zero-order valence-corrected chi connectivity index (χ0v) is 12.9. The van der Waals surface area contributed by atoms with Gasteiger partial charge in [-0.3, -0.25) is 0 Å². The van der Waals surface area contributed by atoms with Gasteiger partial charge in [0.2, 0.25) is 0 Å². The fraction of sp³-hybridized carbons (Fsp3) is 1.00. The number of rotatable bonds is 7. The Kier molecular flexibility index (Phi) is 6.64. The van der Waals surface area contributed by atoms with Crippen molar-refractivity contribution in [2.45, 2.75) is 70.6 Å². The highest BCUT2D eigenvalue weighted by Crippen LogP contribution is 2.25. The van der Waals surface area contributed by atoms with Crippen LogP contribution in [0.1, 0.15) is 59.3 Å². The third-order valence-electron chi connectivity index (χ3n) is 3.80. The highest BCUT2D eigenvalue weighted by Gasteiger charge is 2.31. The Morgan fingerprint density at radius 2 is 2.00 bits per heavy atom. The van der Waals surface area contributed by atoms with Crippen molar-refractivity contribution in [3.63, 3.8) is 0 Å². The molecule has 0 aromatic rings. The van der Waals surface area contributed by atoms with E-state index in [4.69, 9.17) is 0 Å². The lowest BCUT2D eigenvalue weighted by atomic mass is 9.95. The van der Waals surface area contributed by atoms with E-state index in [2.05, 4.69) is 26.1 Å². The van der Waals surface area contributed by atoms with Gasteiger partial charge in [-0.05, 0) is 44.6 Å². The molecule has 1 aliphatic rings. The maximum absolute atomic E-state index is 12.3. The second-order valence-corrected chi connectivity index (χ2v) is 8.39. The molecule has 0 amide bonds. The molecule has 0 aromatic heterocycles. The van der Waals surface area contributed by atoms with Gasteiger partial charge in [0.25, 0.3) is 0 Å². The van der Waals surface area contributed by atoms with Crippen molar-refractivity contribution in [2.24, 2.45) is 5.92 Å². The molecular weight excluding hydrogens is 246 g/mol. The number of hydrogen-bond donors (Lipinski definition) is 1.